The Hall–Kier alpha value is -2.41. The first-order valence-electron chi connectivity index (χ1n) is 8.37. The van der Waals surface area contributed by atoms with E-state index in [0.29, 0.717) is 26.2 Å². The number of amides is 2. The Morgan fingerprint density at radius 3 is 3.00 bits per heavy atom. The van der Waals surface area contributed by atoms with E-state index in [1.165, 1.54) is 0 Å². The first kappa shape index (κ1) is 16.4. The molecule has 2 amide bonds. The van der Waals surface area contributed by atoms with E-state index in [-0.39, 0.29) is 12.1 Å². The average Bonchev–Trinajstić information content (AvgIpc) is 3.10. The van der Waals surface area contributed by atoms with E-state index >= 15 is 0 Å². The van der Waals surface area contributed by atoms with Crippen LogP contribution in [0.15, 0.2) is 36.5 Å². The second-order valence-corrected chi connectivity index (χ2v) is 5.88. The summed E-state index contributed by atoms with van der Waals surface area (Å²) < 4.78 is 7.37. The number of urea groups is 1. The van der Waals surface area contributed by atoms with Gasteiger partial charge in [0.25, 0.3) is 0 Å². The fraction of sp³-hybridized carbons (Fsp3) is 0.471. The minimum absolute atomic E-state index is 0.0753. The van der Waals surface area contributed by atoms with Gasteiger partial charge in [0.2, 0.25) is 0 Å². The summed E-state index contributed by atoms with van der Waals surface area (Å²) in [6.45, 7) is 4.36. The fourth-order valence-electron chi connectivity index (χ4n) is 2.76. The second kappa shape index (κ2) is 7.92. The summed E-state index contributed by atoms with van der Waals surface area (Å²) in [5, 5.41) is 11.1. The normalized spacial score (nSPS) is 17.7. The fourth-order valence-corrected chi connectivity index (χ4v) is 2.76. The molecule has 1 saturated heterocycles. The molecular weight excluding hydrogens is 306 g/mol. The van der Waals surface area contributed by atoms with Crippen LogP contribution in [0.5, 0.6) is 0 Å². The third kappa shape index (κ3) is 4.11. The van der Waals surface area contributed by atoms with E-state index in [9.17, 15) is 4.79 Å². The van der Waals surface area contributed by atoms with Crippen molar-refractivity contribution in [1.82, 2.24) is 25.2 Å². The maximum absolute atomic E-state index is 12.3. The van der Waals surface area contributed by atoms with Crippen LogP contribution in [0.2, 0.25) is 0 Å². The van der Waals surface area contributed by atoms with Crippen LogP contribution in [0.25, 0.3) is 5.69 Å². The lowest BCUT2D eigenvalue weighted by Crippen LogP contribution is -2.49. The van der Waals surface area contributed by atoms with E-state index in [1.54, 1.807) is 4.68 Å². The molecule has 3 rings (SSSR count). The van der Waals surface area contributed by atoms with Crippen LogP contribution in [0.4, 0.5) is 4.79 Å². The molecular formula is C17H23N5O2. The molecule has 24 heavy (non-hydrogen) atoms. The smallest absolute Gasteiger partial charge is 0.317 e. The van der Waals surface area contributed by atoms with Crippen LogP contribution in [0.1, 0.15) is 25.5 Å². The van der Waals surface area contributed by atoms with Gasteiger partial charge in [-0.05, 0) is 18.6 Å². The molecule has 0 spiro atoms. The summed E-state index contributed by atoms with van der Waals surface area (Å²) in [6.07, 6.45) is 4.01. The Bertz CT molecular complexity index is 656. The summed E-state index contributed by atoms with van der Waals surface area (Å²) >= 11 is 0. The number of hydrogen-bond acceptors (Lipinski definition) is 4. The van der Waals surface area contributed by atoms with Crippen LogP contribution in [-0.2, 0) is 11.3 Å². The molecule has 7 nitrogen and oxygen atoms in total. The zero-order valence-corrected chi connectivity index (χ0v) is 13.9. The van der Waals surface area contributed by atoms with Crippen LogP contribution < -0.4 is 5.32 Å². The zero-order chi connectivity index (χ0) is 16.8. The number of hydrogen-bond donors (Lipinski definition) is 1. The first-order chi connectivity index (χ1) is 11.8. The highest BCUT2D eigenvalue weighted by Crippen LogP contribution is 2.11. The molecule has 0 aliphatic carbocycles. The van der Waals surface area contributed by atoms with E-state index in [4.69, 9.17) is 4.74 Å². The molecule has 1 fully saturated rings. The van der Waals surface area contributed by atoms with Gasteiger partial charge in [0.1, 0.15) is 5.69 Å². The Morgan fingerprint density at radius 2 is 2.21 bits per heavy atom. The first-order valence-corrected chi connectivity index (χ1v) is 8.37. The number of carbonyl (C=O) groups is 1. The van der Waals surface area contributed by atoms with Crippen molar-refractivity contribution < 1.29 is 9.53 Å². The van der Waals surface area contributed by atoms with Crippen molar-refractivity contribution in [2.75, 3.05) is 19.7 Å². The third-order valence-corrected chi connectivity index (χ3v) is 4.02. The number of para-hydroxylation sites is 1. The third-order valence-electron chi connectivity index (χ3n) is 4.02. The summed E-state index contributed by atoms with van der Waals surface area (Å²) in [6, 6.07) is 9.69. The van der Waals surface area contributed by atoms with Gasteiger partial charge >= 0.3 is 6.03 Å². The molecule has 1 aromatic heterocycles. The van der Waals surface area contributed by atoms with Crippen LogP contribution in [-0.4, -0.2) is 51.7 Å². The van der Waals surface area contributed by atoms with E-state index in [0.717, 1.165) is 24.2 Å². The summed E-state index contributed by atoms with van der Waals surface area (Å²) in [5.74, 6) is 0. The van der Waals surface area contributed by atoms with Crippen molar-refractivity contribution >= 4 is 6.03 Å². The van der Waals surface area contributed by atoms with Gasteiger partial charge in [-0.2, -0.15) is 0 Å². The highest BCUT2D eigenvalue weighted by molar-refractivity contribution is 5.74. The minimum Gasteiger partial charge on any atom is -0.375 e. The molecule has 0 bridgehead atoms. The molecule has 1 N–H and O–H groups in total. The van der Waals surface area contributed by atoms with Crippen LogP contribution >= 0.6 is 0 Å². The minimum atomic E-state index is -0.0753. The maximum Gasteiger partial charge on any atom is 0.317 e. The number of nitrogens with one attached hydrogen (secondary N) is 1. The van der Waals surface area contributed by atoms with Crippen molar-refractivity contribution in [2.45, 2.75) is 32.4 Å². The Morgan fingerprint density at radius 1 is 1.38 bits per heavy atom. The van der Waals surface area contributed by atoms with E-state index in [1.807, 2.05) is 41.4 Å². The van der Waals surface area contributed by atoms with Gasteiger partial charge in [-0.15, -0.1) is 5.10 Å². The second-order valence-electron chi connectivity index (χ2n) is 5.88. The quantitative estimate of drug-likeness (QED) is 0.910. The van der Waals surface area contributed by atoms with Gasteiger partial charge in [-0.25, -0.2) is 9.48 Å². The van der Waals surface area contributed by atoms with Crippen molar-refractivity contribution in [1.29, 1.82) is 0 Å². The predicted octanol–water partition coefficient (Wildman–Crippen LogP) is 1.98. The largest absolute Gasteiger partial charge is 0.375 e. The Labute approximate surface area is 141 Å². The molecule has 128 valence electrons. The topological polar surface area (TPSA) is 72.3 Å². The maximum atomic E-state index is 12.3. The zero-order valence-electron chi connectivity index (χ0n) is 13.9. The standard InChI is InChI=1S/C17H23N5O2/c1-2-6-16-13-21(9-10-24-16)17(23)18-11-14-12-22(20-19-14)15-7-4-3-5-8-15/h3-5,7-8,12,16H,2,6,9-11,13H2,1H3,(H,18,23)/t16-/m1/s1. The van der Waals surface area contributed by atoms with Gasteiger partial charge in [-0.3, -0.25) is 0 Å². The number of rotatable bonds is 5. The van der Waals surface area contributed by atoms with Crippen molar-refractivity contribution in [3.8, 4) is 5.69 Å². The highest BCUT2D eigenvalue weighted by atomic mass is 16.5. The van der Waals surface area contributed by atoms with Crippen LogP contribution in [0.3, 0.4) is 0 Å². The summed E-state index contributed by atoms with van der Waals surface area (Å²) in [5.41, 5.74) is 1.67. The SMILES string of the molecule is CCC[C@@H]1CN(C(=O)NCc2cn(-c3ccccc3)nn2)CCO1. The molecule has 0 radical (unpaired) electrons. The Balaban J connectivity index is 1.52. The summed E-state index contributed by atoms with van der Waals surface area (Å²) in [4.78, 5) is 14.1. The Kier molecular flexibility index (Phi) is 5.43. The molecule has 1 atom stereocenters. The molecule has 0 saturated carbocycles. The lowest BCUT2D eigenvalue weighted by Gasteiger charge is -2.32. The van der Waals surface area contributed by atoms with Gasteiger partial charge in [0.15, 0.2) is 0 Å². The molecule has 1 aliphatic rings. The number of nitrogens with zero attached hydrogens (tertiary/aromatic N) is 4. The molecule has 2 aromatic rings. The molecule has 1 aliphatic heterocycles. The average molecular weight is 329 g/mol. The van der Waals surface area contributed by atoms with Crippen molar-refractivity contribution in [3.63, 3.8) is 0 Å². The lowest BCUT2D eigenvalue weighted by molar-refractivity contribution is -0.0181. The number of carbonyl (C=O) groups excluding carboxylic acids is 1. The van der Waals surface area contributed by atoms with Crippen LogP contribution in [0, 0.1) is 0 Å². The predicted molar refractivity (Wildman–Crippen MR) is 89.8 cm³/mol. The van der Waals surface area contributed by atoms with Crippen molar-refractivity contribution in [3.05, 3.63) is 42.2 Å². The molecule has 1 aromatic carbocycles. The number of ether oxygens (including phenoxy) is 1. The molecule has 2 heterocycles. The van der Waals surface area contributed by atoms with Gasteiger partial charge in [-0.1, -0.05) is 36.8 Å². The molecule has 0 unspecified atom stereocenters. The van der Waals surface area contributed by atoms with Gasteiger partial charge < -0.3 is 15.0 Å². The highest BCUT2D eigenvalue weighted by Gasteiger charge is 2.23. The van der Waals surface area contributed by atoms with Gasteiger partial charge in [0, 0.05) is 13.1 Å². The van der Waals surface area contributed by atoms with Crippen molar-refractivity contribution in [2.24, 2.45) is 0 Å². The summed E-state index contributed by atoms with van der Waals surface area (Å²) in [7, 11) is 0. The number of morpholine rings is 1. The van der Waals surface area contributed by atoms with E-state index < -0.39 is 0 Å². The van der Waals surface area contributed by atoms with Gasteiger partial charge in [0.05, 0.1) is 31.1 Å². The number of benzene rings is 1. The number of aromatic nitrogens is 3. The lowest BCUT2D eigenvalue weighted by atomic mass is 10.2. The molecule has 7 heteroatoms. The van der Waals surface area contributed by atoms with E-state index in [2.05, 4.69) is 22.6 Å². The monoisotopic (exact) mass is 329 g/mol.